The molecule has 5 nitrogen and oxygen atoms in total. The molecule has 0 unspecified atom stereocenters. The summed E-state index contributed by atoms with van der Waals surface area (Å²) < 4.78 is 30.8. The normalized spacial score (nSPS) is 11.9. The van der Waals surface area contributed by atoms with E-state index in [1.54, 1.807) is 6.92 Å². The summed E-state index contributed by atoms with van der Waals surface area (Å²) in [6, 6.07) is 5.39. The predicted octanol–water partition coefficient (Wildman–Crippen LogP) is 1.08. The molecule has 1 heterocycles. The standard InChI is InChI=1S/C10H9NO4S/c1-6-4-10(12)11-9-3-2-7(5-8(6)9)16(13,14)15/h2-5H,1H3,(H,11,12)(H,13,14,15). The first-order valence-corrected chi connectivity index (χ1v) is 5.93. The summed E-state index contributed by atoms with van der Waals surface area (Å²) in [5.74, 6) is 0. The number of benzene rings is 1. The minimum Gasteiger partial charge on any atom is -0.322 e. The van der Waals surface area contributed by atoms with Gasteiger partial charge in [-0.3, -0.25) is 9.35 Å². The minimum absolute atomic E-state index is 0.185. The Labute approximate surface area is 91.5 Å². The van der Waals surface area contributed by atoms with Gasteiger partial charge in [0.15, 0.2) is 0 Å². The fourth-order valence-corrected chi connectivity index (χ4v) is 2.07. The number of hydrogen-bond acceptors (Lipinski definition) is 3. The van der Waals surface area contributed by atoms with E-state index >= 15 is 0 Å². The topological polar surface area (TPSA) is 87.2 Å². The number of rotatable bonds is 1. The van der Waals surface area contributed by atoms with E-state index in [1.165, 1.54) is 24.3 Å². The van der Waals surface area contributed by atoms with Crippen LogP contribution in [-0.2, 0) is 10.1 Å². The highest BCUT2D eigenvalue weighted by Gasteiger charge is 2.10. The van der Waals surface area contributed by atoms with Gasteiger partial charge in [0.25, 0.3) is 10.1 Å². The highest BCUT2D eigenvalue weighted by molar-refractivity contribution is 7.85. The molecule has 0 aliphatic carbocycles. The minimum atomic E-state index is -4.21. The van der Waals surface area contributed by atoms with Gasteiger partial charge in [0.2, 0.25) is 5.56 Å². The number of aromatic nitrogens is 1. The van der Waals surface area contributed by atoms with Gasteiger partial charge in [0, 0.05) is 17.0 Å². The molecule has 6 heteroatoms. The predicted molar refractivity (Wildman–Crippen MR) is 59.1 cm³/mol. The second kappa shape index (κ2) is 3.43. The van der Waals surface area contributed by atoms with Crippen molar-refractivity contribution in [2.24, 2.45) is 0 Å². The van der Waals surface area contributed by atoms with Crippen molar-refractivity contribution >= 4 is 21.0 Å². The fourth-order valence-electron chi connectivity index (χ4n) is 1.56. The van der Waals surface area contributed by atoms with Gasteiger partial charge in [-0.05, 0) is 30.7 Å². The highest BCUT2D eigenvalue weighted by Crippen LogP contribution is 2.19. The van der Waals surface area contributed by atoms with Gasteiger partial charge in [-0.15, -0.1) is 0 Å². The van der Waals surface area contributed by atoms with Crippen LogP contribution in [0.4, 0.5) is 0 Å². The molecular weight excluding hydrogens is 230 g/mol. The van der Waals surface area contributed by atoms with Crippen LogP contribution in [0.3, 0.4) is 0 Å². The van der Waals surface area contributed by atoms with E-state index in [4.69, 9.17) is 4.55 Å². The lowest BCUT2D eigenvalue weighted by atomic mass is 10.1. The molecule has 0 spiro atoms. The Morgan fingerprint density at radius 2 is 1.94 bits per heavy atom. The zero-order valence-electron chi connectivity index (χ0n) is 8.39. The molecule has 0 saturated carbocycles. The van der Waals surface area contributed by atoms with Gasteiger partial charge in [-0.2, -0.15) is 8.42 Å². The first kappa shape index (κ1) is 10.8. The van der Waals surface area contributed by atoms with Gasteiger partial charge in [-0.1, -0.05) is 0 Å². The van der Waals surface area contributed by atoms with Gasteiger partial charge >= 0.3 is 0 Å². The smallest absolute Gasteiger partial charge is 0.294 e. The summed E-state index contributed by atoms with van der Waals surface area (Å²) >= 11 is 0. The van der Waals surface area contributed by atoms with Crippen LogP contribution in [-0.4, -0.2) is 18.0 Å². The van der Waals surface area contributed by atoms with Crippen LogP contribution >= 0.6 is 0 Å². The Morgan fingerprint density at radius 1 is 1.25 bits per heavy atom. The van der Waals surface area contributed by atoms with E-state index in [1.807, 2.05) is 0 Å². The average molecular weight is 239 g/mol. The summed E-state index contributed by atoms with van der Waals surface area (Å²) in [5, 5.41) is 0.592. The maximum atomic E-state index is 11.2. The van der Waals surface area contributed by atoms with Crippen molar-refractivity contribution in [1.82, 2.24) is 4.98 Å². The van der Waals surface area contributed by atoms with Gasteiger partial charge in [0.1, 0.15) is 0 Å². The molecular formula is C10H9NO4S. The first-order chi connectivity index (χ1) is 7.38. The van der Waals surface area contributed by atoms with Crippen molar-refractivity contribution < 1.29 is 13.0 Å². The molecule has 0 radical (unpaired) electrons. The van der Waals surface area contributed by atoms with Crippen LogP contribution in [0.5, 0.6) is 0 Å². The number of hydrogen-bond donors (Lipinski definition) is 2. The van der Waals surface area contributed by atoms with E-state index in [2.05, 4.69) is 4.98 Å². The Hall–Kier alpha value is -1.66. The zero-order chi connectivity index (χ0) is 11.9. The van der Waals surface area contributed by atoms with Crippen molar-refractivity contribution in [3.05, 3.63) is 40.2 Å². The maximum absolute atomic E-state index is 11.2. The Morgan fingerprint density at radius 3 is 2.56 bits per heavy atom. The molecule has 2 rings (SSSR count). The van der Waals surface area contributed by atoms with Crippen molar-refractivity contribution in [3.63, 3.8) is 0 Å². The lowest BCUT2D eigenvalue weighted by Gasteiger charge is -2.03. The van der Waals surface area contributed by atoms with Crippen molar-refractivity contribution in [2.45, 2.75) is 11.8 Å². The molecule has 2 aromatic rings. The van der Waals surface area contributed by atoms with E-state index in [9.17, 15) is 13.2 Å². The fraction of sp³-hybridized carbons (Fsp3) is 0.100. The summed E-state index contributed by atoms with van der Waals surface area (Å²) in [6.45, 7) is 1.70. The Balaban J connectivity index is 2.87. The summed E-state index contributed by atoms with van der Waals surface area (Å²) in [6.07, 6.45) is 0. The molecule has 1 aromatic carbocycles. The molecule has 1 aromatic heterocycles. The summed E-state index contributed by atoms with van der Waals surface area (Å²) in [7, 11) is -4.21. The van der Waals surface area contributed by atoms with Crippen LogP contribution in [0.15, 0.2) is 34.0 Å². The lowest BCUT2D eigenvalue weighted by Crippen LogP contribution is -2.05. The molecule has 0 amide bonds. The van der Waals surface area contributed by atoms with Crippen LogP contribution < -0.4 is 5.56 Å². The van der Waals surface area contributed by atoms with Crippen LogP contribution in [0.2, 0.25) is 0 Å². The van der Waals surface area contributed by atoms with Gasteiger partial charge in [-0.25, -0.2) is 0 Å². The second-order valence-electron chi connectivity index (χ2n) is 3.50. The van der Waals surface area contributed by atoms with Crippen LogP contribution in [0.25, 0.3) is 10.9 Å². The third-order valence-corrected chi connectivity index (χ3v) is 3.17. The zero-order valence-corrected chi connectivity index (χ0v) is 9.21. The van der Waals surface area contributed by atoms with Gasteiger partial charge in [0.05, 0.1) is 4.90 Å². The van der Waals surface area contributed by atoms with E-state index in [-0.39, 0.29) is 10.5 Å². The van der Waals surface area contributed by atoms with Crippen LogP contribution in [0.1, 0.15) is 5.56 Å². The van der Waals surface area contributed by atoms with Crippen molar-refractivity contribution in [1.29, 1.82) is 0 Å². The molecule has 0 saturated heterocycles. The molecule has 0 bridgehead atoms. The van der Waals surface area contributed by atoms with E-state index in [0.717, 1.165) is 0 Å². The number of H-pyrrole nitrogens is 1. The van der Waals surface area contributed by atoms with E-state index < -0.39 is 10.1 Å². The highest BCUT2D eigenvalue weighted by atomic mass is 32.2. The second-order valence-corrected chi connectivity index (χ2v) is 4.92. The van der Waals surface area contributed by atoms with Crippen molar-refractivity contribution in [3.8, 4) is 0 Å². The quantitative estimate of drug-likeness (QED) is 0.729. The van der Waals surface area contributed by atoms with E-state index in [0.29, 0.717) is 16.5 Å². The number of aromatic amines is 1. The SMILES string of the molecule is Cc1cc(=O)[nH]c2ccc(S(=O)(=O)O)cc12. The molecule has 0 fully saturated rings. The molecule has 0 atom stereocenters. The van der Waals surface area contributed by atoms with Crippen LogP contribution in [0, 0.1) is 6.92 Å². The number of fused-ring (bicyclic) bond motifs is 1. The molecule has 16 heavy (non-hydrogen) atoms. The molecule has 84 valence electrons. The summed E-state index contributed by atoms with van der Waals surface area (Å²) in [5.41, 5.74) is 0.950. The molecule has 0 aliphatic heterocycles. The summed E-state index contributed by atoms with van der Waals surface area (Å²) in [4.78, 5) is 13.6. The average Bonchev–Trinajstić information content (AvgIpc) is 2.15. The number of nitrogens with one attached hydrogen (secondary N) is 1. The third kappa shape index (κ3) is 1.84. The lowest BCUT2D eigenvalue weighted by molar-refractivity contribution is 0.483. The first-order valence-electron chi connectivity index (χ1n) is 4.49. The Kier molecular flexibility index (Phi) is 2.32. The van der Waals surface area contributed by atoms with Crippen molar-refractivity contribution in [2.75, 3.05) is 0 Å². The Bertz CT molecular complexity index is 715. The number of aryl methyl sites for hydroxylation is 1. The van der Waals surface area contributed by atoms with Gasteiger partial charge < -0.3 is 4.98 Å². The largest absolute Gasteiger partial charge is 0.322 e. The third-order valence-electron chi connectivity index (χ3n) is 2.32. The molecule has 0 aliphatic rings. The maximum Gasteiger partial charge on any atom is 0.294 e. The monoisotopic (exact) mass is 239 g/mol. The molecule has 2 N–H and O–H groups in total. The number of pyridine rings is 1.